The second kappa shape index (κ2) is 4.12. The van der Waals surface area contributed by atoms with Crippen LogP contribution in [0.25, 0.3) is 0 Å². The average Bonchev–Trinajstić information content (AvgIpc) is 2.32. The number of aromatic nitrogens is 2. The monoisotopic (exact) mass is 248 g/mol. The molecule has 0 spiro atoms. The number of nitrogens with one attached hydrogen (secondary N) is 1. The third-order valence-electron chi connectivity index (χ3n) is 1.47. The van der Waals surface area contributed by atoms with Crippen molar-refractivity contribution in [1.29, 1.82) is 0 Å². The van der Waals surface area contributed by atoms with Crippen molar-refractivity contribution in [2.24, 2.45) is 0 Å². The van der Waals surface area contributed by atoms with Crippen LogP contribution >= 0.6 is 15.9 Å². The lowest BCUT2D eigenvalue weighted by Crippen LogP contribution is -2.20. The fourth-order valence-corrected chi connectivity index (χ4v) is 1.62. The lowest BCUT2D eigenvalue weighted by molar-refractivity contribution is 0.282. The van der Waals surface area contributed by atoms with Gasteiger partial charge in [-0.1, -0.05) is 13.8 Å². The Hall–Kier alpha value is -0.525. The number of hydrogen-bond acceptors (Lipinski definition) is 4. The van der Waals surface area contributed by atoms with Gasteiger partial charge in [-0.2, -0.15) is 5.10 Å². The van der Waals surface area contributed by atoms with Gasteiger partial charge in [0.25, 0.3) is 0 Å². The molecular formula is C6H10BBrN2O3. The van der Waals surface area contributed by atoms with Crippen LogP contribution in [0.15, 0.2) is 4.47 Å². The molecular weight excluding hydrogens is 239 g/mol. The standard InChI is InChI=1S/C6H10BBrN2O3/c1-3(2)5-4(8)6(10-9-5)13-7(11)12/h3,11-12H,1-2H3,(H,9,10). The molecule has 13 heavy (non-hydrogen) atoms. The molecule has 0 atom stereocenters. The third kappa shape index (κ3) is 2.46. The highest BCUT2D eigenvalue weighted by Crippen LogP contribution is 2.30. The number of hydrogen-bond donors (Lipinski definition) is 3. The second-order valence-electron chi connectivity index (χ2n) is 2.85. The zero-order valence-electron chi connectivity index (χ0n) is 7.28. The minimum Gasteiger partial charge on any atom is -0.497 e. The molecule has 7 heteroatoms. The summed E-state index contributed by atoms with van der Waals surface area (Å²) in [5, 5.41) is 23.6. The summed E-state index contributed by atoms with van der Waals surface area (Å²) in [6.45, 7) is 3.94. The van der Waals surface area contributed by atoms with Crippen LogP contribution in [0.2, 0.25) is 0 Å². The predicted molar refractivity (Wildman–Crippen MR) is 51.2 cm³/mol. The van der Waals surface area contributed by atoms with Gasteiger partial charge < -0.3 is 14.7 Å². The Morgan fingerprint density at radius 3 is 2.54 bits per heavy atom. The maximum atomic E-state index is 8.54. The average molecular weight is 249 g/mol. The first kappa shape index (κ1) is 10.6. The first-order valence-electron chi connectivity index (χ1n) is 3.79. The van der Waals surface area contributed by atoms with Gasteiger partial charge in [-0.25, -0.2) is 5.10 Å². The molecule has 0 unspecified atom stereocenters. The Kier molecular flexibility index (Phi) is 3.35. The summed E-state index contributed by atoms with van der Waals surface area (Å²) < 4.78 is 5.24. The van der Waals surface area contributed by atoms with E-state index in [1.54, 1.807) is 0 Å². The third-order valence-corrected chi connectivity index (χ3v) is 2.24. The van der Waals surface area contributed by atoms with Crippen molar-refractivity contribution in [3.63, 3.8) is 0 Å². The van der Waals surface area contributed by atoms with Crippen LogP contribution in [-0.4, -0.2) is 27.6 Å². The van der Waals surface area contributed by atoms with Crippen molar-refractivity contribution in [3.05, 3.63) is 10.2 Å². The molecule has 0 amide bonds. The first-order valence-corrected chi connectivity index (χ1v) is 4.58. The van der Waals surface area contributed by atoms with Crippen molar-refractivity contribution in [2.45, 2.75) is 19.8 Å². The number of rotatable bonds is 3. The van der Waals surface area contributed by atoms with E-state index in [0.717, 1.165) is 5.69 Å². The highest BCUT2D eigenvalue weighted by Gasteiger charge is 2.19. The van der Waals surface area contributed by atoms with Gasteiger partial charge in [-0.3, -0.25) is 0 Å². The Labute approximate surface area is 84.4 Å². The Morgan fingerprint density at radius 2 is 2.15 bits per heavy atom. The zero-order valence-corrected chi connectivity index (χ0v) is 8.87. The molecule has 72 valence electrons. The van der Waals surface area contributed by atoms with Crippen molar-refractivity contribution >= 4 is 23.3 Å². The maximum Gasteiger partial charge on any atom is 0.708 e. The summed E-state index contributed by atoms with van der Waals surface area (Å²) in [6, 6.07) is 0. The van der Waals surface area contributed by atoms with Crippen LogP contribution in [0, 0.1) is 0 Å². The molecule has 1 heterocycles. The summed E-state index contributed by atoms with van der Waals surface area (Å²) in [5.74, 6) is 0.456. The Balaban J connectivity index is 2.86. The molecule has 0 saturated heterocycles. The number of halogens is 1. The fraction of sp³-hybridized carbons (Fsp3) is 0.500. The van der Waals surface area contributed by atoms with Crippen molar-refractivity contribution < 1.29 is 14.7 Å². The molecule has 0 radical (unpaired) electrons. The van der Waals surface area contributed by atoms with Gasteiger partial charge in [0, 0.05) is 0 Å². The molecule has 0 bridgehead atoms. The molecule has 0 fully saturated rings. The predicted octanol–water partition coefficient (Wildman–Crippen LogP) is 0.644. The van der Waals surface area contributed by atoms with E-state index >= 15 is 0 Å². The molecule has 3 N–H and O–H groups in total. The maximum absolute atomic E-state index is 8.54. The minimum absolute atomic E-state index is 0.221. The molecule has 0 saturated carbocycles. The molecule has 0 aliphatic rings. The van der Waals surface area contributed by atoms with Crippen LogP contribution in [0.3, 0.4) is 0 Å². The summed E-state index contributed by atoms with van der Waals surface area (Å²) in [7, 11) is -1.84. The highest BCUT2D eigenvalue weighted by molar-refractivity contribution is 9.10. The first-order chi connectivity index (χ1) is 6.02. The molecule has 1 aromatic rings. The number of H-pyrrole nitrogens is 1. The largest absolute Gasteiger partial charge is 0.708 e. The zero-order chi connectivity index (χ0) is 10.0. The van der Waals surface area contributed by atoms with E-state index in [-0.39, 0.29) is 11.8 Å². The van der Waals surface area contributed by atoms with Gasteiger partial charge >= 0.3 is 7.32 Å². The van der Waals surface area contributed by atoms with Gasteiger partial charge in [-0.05, 0) is 21.8 Å². The molecule has 0 aromatic carbocycles. The topological polar surface area (TPSA) is 78.4 Å². The molecule has 5 nitrogen and oxygen atoms in total. The molecule has 1 rings (SSSR count). The molecule has 0 aliphatic carbocycles. The molecule has 1 aromatic heterocycles. The van der Waals surface area contributed by atoms with E-state index in [1.807, 2.05) is 13.8 Å². The smallest absolute Gasteiger partial charge is 0.497 e. The van der Waals surface area contributed by atoms with Crippen LogP contribution < -0.4 is 4.65 Å². The summed E-state index contributed by atoms with van der Waals surface area (Å²) >= 11 is 3.24. The van der Waals surface area contributed by atoms with E-state index in [0.29, 0.717) is 4.47 Å². The summed E-state index contributed by atoms with van der Waals surface area (Å²) in [4.78, 5) is 0. The van der Waals surface area contributed by atoms with Crippen molar-refractivity contribution in [2.75, 3.05) is 0 Å². The van der Waals surface area contributed by atoms with Gasteiger partial charge in [0.15, 0.2) is 0 Å². The van der Waals surface area contributed by atoms with E-state index in [4.69, 9.17) is 10.0 Å². The van der Waals surface area contributed by atoms with E-state index in [2.05, 4.69) is 30.8 Å². The van der Waals surface area contributed by atoms with Crippen LogP contribution in [0.4, 0.5) is 0 Å². The lowest BCUT2D eigenvalue weighted by Gasteiger charge is -2.02. The van der Waals surface area contributed by atoms with E-state index < -0.39 is 7.32 Å². The normalized spacial score (nSPS) is 10.6. The van der Waals surface area contributed by atoms with Crippen LogP contribution in [-0.2, 0) is 0 Å². The van der Waals surface area contributed by atoms with Crippen molar-refractivity contribution in [3.8, 4) is 5.88 Å². The Bertz CT molecular complexity index is 289. The van der Waals surface area contributed by atoms with E-state index in [1.165, 1.54) is 0 Å². The quantitative estimate of drug-likeness (QED) is 0.687. The number of nitrogens with zero attached hydrogens (tertiary/aromatic N) is 1. The van der Waals surface area contributed by atoms with Gasteiger partial charge in [0.05, 0.1) is 5.69 Å². The van der Waals surface area contributed by atoms with Gasteiger partial charge in [0.1, 0.15) is 4.47 Å². The van der Waals surface area contributed by atoms with Crippen LogP contribution in [0.1, 0.15) is 25.5 Å². The van der Waals surface area contributed by atoms with Gasteiger partial charge in [0.2, 0.25) is 5.88 Å². The van der Waals surface area contributed by atoms with Crippen molar-refractivity contribution in [1.82, 2.24) is 10.2 Å². The van der Waals surface area contributed by atoms with Crippen LogP contribution in [0.5, 0.6) is 5.88 Å². The molecule has 0 aliphatic heterocycles. The number of aromatic amines is 1. The van der Waals surface area contributed by atoms with E-state index in [9.17, 15) is 0 Å². The summed E-state index contributed by atoms with van der Waals surface area (Å²) in [6.07, 6.45) is 0. The lowest BCUT2D eigenvalue weighted by atomic mass is 10.1. The minimum atomic E-state index is -1.84. The SMILES string of the molecule is CC(C)c1n[nH]c(OB(O)O)c1Br. The summed E-state index contributed by atoms with van der Waals surface area (Å²) in [5.41, 5.74) is 0.788. The van der Waals surface area contributed by atoms with Gasteiger partial charge in [-0.15, -0.1) is 0 Å². The second-order valence-corrected chi connectivity index (χ2v) is 3.64. The highest BCUT2D eigenvalue weighted by atomic mass is 79.9. The Morgan fingerprint density at radius 1 is 1.54 bits per heavy atom. The fourth-order valence-electron chi connectivity index (χ4n) is 0.892.